The van der Waals surface area contributed by atoms with Crippen LogP contribution in [0.3, 0.4) is 0 Å². The van der Waals surface area contributed by atoms with Crippen LogP contribution in [-0.2, 0) is 0 Å². The summed E-state index contributed by atoms with van der Waals surface area (Å²) in [7, 11) is 0. The molecule has 1 atom stereocenters. The smallest absolute Gasteiger partial charge is 0.00454 e. The van der Waals surface area contributed by atoms with Crippen LogP contribution >= 0.6 is 0 Å². The van der Waals surface area contributed by atoms with Gasteiger partial charge < -0.3 is 0 Å². The van der Waals surface area contributed by atoms with Crippen molar-refractivity contribution in [2.24, 2.45) is 5.92 Å². The average molecular weight is 162 g/mol. The van der Waals surface area contributed by atoms with Gasteiger partial charge in [0.1, 0.15) is 0 Å². The molecule has 0 amide bonds. The Morgan fingerprint density at radius 1 is 1.00 bits per heavy atom. The third-order valence-corrected chi connectivity index (χ3v) is 3.06. The van der Waals surface area contributed by atoms with Gasteiger partial charge in [0.15, 0.2) is 0 Å². The molecule has 66 valence electrons. The zero-order valence-electron chi connectivity index (χ0n) is 8.73. The molecule has 0 fully saturated rings. The van der Waals surface area contributed by atoms with E-state index in [9.17, 15) is 0 Å². The Kier molecular flexibility index (Phi) is 2.56. The molecular formula is C12H18. The summed E-state index contributed by atoms with van der Waals surface area (Å²) in [6.07, 6.45) is 4.52. The molecule has 12 heavy (non-hydrogen) atoms. The molecule has 0 saturated heterocycles. The monoisotopic (exact) mass is 162 g/mol. The number of rotatable bonds is 0. The molecule has 0 bridgehead atoms. The number of hydrogen-bond acceptors (Lipinski definition) is 0. The van der Waals surface area contributed by atoms with E-state index >= 15 is 0 Å². The lowest BCUT2D eigenvalue weighted by Gasteiger charge is -2.10. The minimum Gasteiger partial charge on any atom is -0.0773 e. The van der Waals surface area contributed by atoms with E-state index in [2.05, 4.69) is 46.8 Å². The molecule has 0 nitrogen and oxygen atoms in total. The van der Waals surface area contributed by atoms with Crippen molar-refractivity contribution in [3.8, 4) is 0 Å². The van der Waals surface area contributed by atoms with Crippen molar-refractivity contribution in [1.82, 2.24) is 0 Å². The molecule has 0 heteroatoms. The highest BCUT2D eigenvalue weighted by Gasteiger charge is 2.09. The van der Waals surface area contributed by atoms with Crippen molar-refractivity contribution in [3.05, 3.63) is 34.4 Å². The Morgan fingerprint density at radius 2 is 1.58 bits per heavy atom. The second-order valence-electron chi connectivity index (χ2n) is 3.76. The second kappa shape index (κ2) is 3.30. The molecule has 0 aromatic rings. The predicted octanol–water partition coefficient (Wildman–Crippen LogP) is 3.87. The first-order valence-corrected chi connectivity index (χ1v) is 4.57. The topological polar surface area (TPSA) is 0 Å². The Bertz CT molecular complexity index is 274. The summed E-state index contributed by atoms with van der Waals surface area (Å²) in [4.78, 5) is 0. The van der Waals surface area contributed by atoms with Gasteiger partial charge in [0.05, 0.1) is 0 Å². The first-order valence-electron chi connectivity index (χ1n) is 4.57. The minimum absolute atomic E-state index is 0.595. The van der Waals surface area contributed by atoms with Gasteiger partial charge in [-0.25, -0.2) is 0 Å². The van der Waals surface area contributed by atoms with Crippen LogP contribution in [0.4, 0.5) is 0 Å². The predicted molar refractivity (Wildman–Crippen MR) is 55.1 cm³/mol. The van der Waals surface area contributed by atoms with Crippen molar-refractivity contribution < 1.29 is 0 Å². The van der Waals surface area contributed by atoms with Gasteiger partial charge in [-0.2, -0.15) is 0 Å². The van der Waals surface area contributed by atoms with E-state index in [0.29, 0.717) is 5.92 Å². The largest absolute Gasteiger partial charge is 0.0773 e. The van der Waals surface area contributed by atoms with E-state index in [1.165, 1.54) is 22.3 Å². The summed E-state index contributed by atoms with van der Waals surface area (Å²) in [6.45, 7) is 11.1. The lowest BCUT2D eigenvalue weighted by molar-refractivity contribution is 0.851. The molecule has 0 saturated carbocycles. The molecule has 0 heterocycles. The van der Waals surface area contributed by atoms with Crippen molar-refractivity contribution in [2.45, 2.75) is 34.6 Å². The van der Waals surface area contributed by atoms with Crippen LogP contribution in [0.15, 0.2) is 34.4 Å². The van der Waals surface area contributed by atoms with Gasteiger partial charge in [-0.1, -0.05) is 24.6 Å². The molecule has 0 aromatic carbocycles. The molecular weight excluding hydrogens is 144 g/mol. The van der Waals surface area contributed by atoms with E-state index in [1.807, 2.05) is 0 Å². The standard InChI is InChI=1S/C12H18/c1-8-6-7-9(2)11(4)12(5)10(8)3/h6-8H,1-5H3. The molecule has 1 unspecified atom stereocenters. The maximum atomic E-state index is 2.28. The van der Waals surface area contributed by atoms with Gasteiger partial charge in [-0.3, -0.25) is 0 Å². The van der Waals surface area contributed by atoms with Crippen molar-refractivity contribution >= 4 is 0 Å². The number of hydrogen-bond donors (Lipinski definition) is 0. The first kappa shape index (κ1) is 9.31. The Morgan fingerprint density at radius 3 is 2.17 bits per heavy atom. The molecule has 1 rings (SSSR count). The first-order chi connectivity index (χ1) is 5.54. The van der Waals surface area contributed by atoms with Crippen LogP contribution in [0, 0.1) is 5.92 Å². The molecule has 0 radical (unpaired) electrons. The number of allylic oxidation sites excluding steroid dienone is 6. The lowest BCUT2D eigenvalue weighted by Crippen LogP contribution is -1.94. The van der Waals surface area contributed by atoms with Crippen LogP contribution in [0.1, 0.15) is 34.6 Å². The summed E-state index contributed by atoms with van der Waals surface area (Å²) >= 11 is 0. The summed E-state index contributed by atoms with van der Waals surface area (Å²) in [5.74, 6) is 0.595. The maximum absolute atomic E-state index is 2.28. The highest BCUT2D eigenvalue weighted by Crippen LogP contribution is 2.27. The highest BCUT2D eigenvalue weighted by molar-refractivity contribution is 5.43. The third kappa shape index (κ3) is 1.52. The van der Waals surface area contributed by atoms with Crippen molar-refractivity contribution in [3.63, 3.8) is 0 Å². The molecule has 0 N–H and O–H groups in total. The lowest BCUT2D eigenvalue weighted by atomic mass is 9.96. The molecule has 0 spiro atoms. The van der Waals surface area contributed by atoms with E-state index in [-0.39, 0.29) is 0 Å². The normalized spacial score (nSPS) is 24.9. The Hall–Kier alpha value is -0.780. The van der Waals surface area contributed by atoms with Crippen LogP contribution < -0.4 is 0 Å². The fourth-order valence-corrected chi connectivity index (χ4v) is 1.49. The van der Waals surface area contributed by atoms with Crippen LogP contribution in [0.5, 0.6) is 0 Å². The quantitative estimate of drug-likeness (QED) is 0.507. The van der Waals surface area contributed by atoms with Gasteiger partial charge >= 0.3 is 0 Å². The third-order valence-electron chi connectivity index (χ3n) is 3.06. The fraction of sp³-hybridized carbons (Fsp3) is 0.500. The molecule has 1 aliphatic carbocycles. The van der Waals surface area contributed by atoms with E-state index in [4.69, 9.17) is 0 Å². The van der Waals surface area contributed by atoms with Gasteiger partial charge in [-0.15, -0.1) is 0 Å². The van der Waals surface area contributed by atoms with Crippen LogP contribution in [0.2, 0.25) is 0 Å². The molecule has 0 aliphatic heterocycles. The van der Waals surface area contributed by atoms with Crippen molar-refractivity contribution in [2.75, 3.05) is 0 Å². The van der Waals surface area contributed by atoms with Gasteiger partial charge in [-0.05, 0) is 50.3 Å². The second-order valence-corrected chi connectivity index (χ2v) is 3.76. The zero-order valence-corrected chi connectivity index (χ0v) is 8.73. The van der Waals surface area contributed by atoms with E-state index in [1.54, 1.807) is 0 Å². The molecule has 0 aromatic heterocycles. The van der Waals surface area contributed by atoms with E-state index < -0.39 is 0 Å². The minimum atomic E-state index is 0.595. The zero-order chi connectivity index (χ0) is 9.30. The van der Waals surface area contributed by atoms with Crippen LogP contribution in [0.25, 0.3) is 0 Å². The SMILES string of the molecule is CC1=C(C)C(C)=C(C)C(C)C=C1. The Balaban J connectivity index is 3.22. The fourth-order valence-electron chi connectivity index (χ4n) is 1.49. The van der Waals surface area contributed by atoms with Gasteiger partial charge in [0.2, 0.25) is 0 Å². The summed E-state index contributed by atoms with van der Waals surface area (Å²) in [6, 6.07) is 0. The van der Waals surface area contributed by atoms with E-state index in [0.717, 1.165) is 0 Å². The van der Waals surface area contributed by atoms with Gasteiger partial charge in [0, 0.05) is 0 Å². The van der Waals surface area contributed by atoms with Gasteiger partial charge in [0.25, 0.3) is 0 Å². The Labute approximate surface area is 75.7 Å². The van der Waals surface area contributed by atoms with Crippen LogP contribution in [-0.4, -0.2) is 0 Å². The average Bonchev–Trinajstić information content (AvgIpc) is 2.14. The highest BCUT2D eigenvalue weighted by atomic mass is 14.1. The maximum Gasteiger partial charge on any atom is -0.00454 e. The molecule has 1 aliphatic rings. The summed E-state index contributed by atoms with van der Waals surface area (Å²) < 4.78 is 0. The summed E-state index contributed by atoms with van der Waals surface area (Å²) in [5, 5.41) is 0. The van der Waals surface area contributed by atoms with Crippen molar-refractivity contribution in [1.29, 1.82) is 0 Å². The summed E-state index contributed by atoms with van der Waals surface area (Å²) in [5.41, 5.74) is 5.80.